The van der Waals surface area contributed by atoms with Gasteiger partial charge in [0.2, 0.25) is 0 Å². The SMILES string of the molecule is OC1(CN2CCC(OCc3ccccc3F)CC2)CCCCC1. The summed E-state index contributed by atoms with van der Waals surface area (Å²) in [5.74, 6) is -0.190. The topological polar surface area (TPSA) is 32.7 Å². The minimum atomic E-state index is -0.473. The number of piperidine rings is 1. The molecule has 23 heavy (non-hydrogen) atoms. The van der Waals surface area contributed by atoms with Crippen LogP contribution in [0.3, 0.4) is 0 Å². The zero-order chi connectivity index (χ0) is 16.1. The molecule has 0 bridgehead atoms. The number of β-amino-alcohol motifs (C(OH)–C–C–N with tert-alkyl or cyclic N) is 1. The van der Waals surface area contributed by atoms with Crippen LogP contribution in [0.25, 0.3) is 0 Å². The molecule has 1 heterocycles. The lowest BCUT2D eigenvalue weighted by Crippen LogP contribution is -2.48. The van der Waals surface area contributed by atoms with Crippen LogP contribution in [0.2, 0.25) is 0 Å². The Balaban J connectivity index is 1.41. The van der Waals surface area contributed by atoms with Crippen LogP contribution < -0.4 is 0 Å². The second kappa shape index (κ2) is 7.73. The molecular weight excluding hydrogens is 293 g/mol. The van der Waals surface area contributed by atoms with Crippen molar-refractivity contribution in [3.05, 3.63) is 35.6 Å². The van der Waals surface area contributed by atoms with Crippen molar-refractivity contribution in [1.82, 2.24) is 4.90 Å². The molecule has 2 aliphatic rings. The standard InChI is InChI=1S/C19H28FNO2/c20-18-7-3-2-6-16(18)14-23-17-8-12-21(13-9-17)15-19(22)10-4-1-5-11-19/h2-3,6-7,17,22H,1,4-5,8-15H2. The number of rotatable bonds is 5. The number of aliphatic hydroxyl groups is 1. The molecule has 3 rings (SSSR count). The van der Waals surface area contributed by atoms with Gasteiger partial charge >= 0.3 is 0 Å². The lowest BCUT2D eigenvalue weighted by Gasteiger charge is -2.40. The molecule has 0 atom stereocenters. The zero-order valence-electron chi connectivity index (χ0n) is 13.8. The van der Waals surface area contributed by atoms with Gasteiger partial charge < -0.3 is 14.7 Å². The maximum Gasteiger partial charge on any atom is 0.128 e. The number of halogens is 1. The third-order valence-electron chi connectivity index (χ3n) is 5.27. The van der Waals surface area contributed by atoms with Crippen LogP contribution in [0, 0.1) is 5.82 Å². The molecule has 0 unspecified atom stereocenters. The van der Waals surface area contributed by atoms with E-state index in [1.165, 1.54) is 12.5 Å². The first-order chi connectivity index (χ1) is 11.1. The minimum absolute atomic E-state index is 0.190. The molecule has 1 aromatic rings. The molecule has 1 saturated heterocycles. The van der Waals surface area contributed by atoms with Crippen LogP contribution in [0.1, 0.15) is 50.5 Å². The summed E-state index contributed by atoms with van der Waals surface area (Å²) in [7, 11) is 0. The number of likely N-dealkylation sites (tertiary alicyclic amines) is 1. The van der Waals surface area contributed by atoms with Gasteiger partial charge in [-0.15, -0.1) is 0 Å². The summed E-state index contributed by atoms with van der Waals surface area (Å²) in [6, 6.07) is 6.80. The highest BCUT2D eigenvalue weighted by Crippen LogP contribution is 2.30. The molecule has 1 aliphatic heterocycles. The largest absolute Gasteiger partial charge is 0.389 e. The fourth-order valence-corrected chi connectivity index (χ4v) is 3.84. The van der Waals surface area contributed by atoms with E-state index in [-0.39, 0.29) is 11.9 Å². The summed E-state index contributed by atoms with van der Waals surface area (Å²) >= 11 is 0. The molecule has 1 saturated carbocycles. The van der Waals surface area contributed by atoms with Gasteiger partial charge in [0.1, 0.15) is 5.82 Å². The second-order valence-electron chi connectivity index (χ2n) is 7.16. The molecule has 2 fully saturated rings. The van der Waals surface area contributed by atoms with Gasteiger partial charge in [0.05, 0.1) is 18.3 Å². The van der Waals surface area contributed by atoms with Crippen molar-refractivity contribution >= 4 is 0 Å². The van der Waals surface area contributed by atoms with E-state index in [1.54, 1.807) is 12.1 Å². The van der Waals surface area contributed by atoms with Crippen LogP contribution in [0.5, 0.6) is 0 Å². The summed E-state index contributed by atoms with van der Waals surface area (Å²) in [5.41, 5.74) is 0.158. The average Bonchev–Trinajstić information content (AvgIpc) is 2.56. The first kappa shape index (κ1) is 16.9. The van der Waals surface area contributed by atoms with Crippen molar-refractivity contribution in [3.63, 3.8) is 0 Å². The highest BCUT2D eigenvalue weighted by atomic mass is 19.1. The molecule has 3 nitrogen and oxygen atoms in total. The molecule has 0 aromatic heterocycles. The van der Waals surface area contributed by atoms with Crippen molar-refractivity contribution in [3.8, 4) is 0 Å². The van der Waals surface area contributed by atoms with Crippen molar-refractivity contribution in [2.75, 3.05) is 19.6 Å². The zero-order valence-corrected chi connectivity index (χ0v) is 13.8. The Morgan fingerprint density at radius 2 is 1.83 bits per heavy atom. The van der Waals surface area contributed by atoms with Crippen molar-refractivity contribution < 1.29 is 14.2 Å². The predicted octanol–water partition coefficient (Wildman–Crippen LogP) is 3.50. The van der Waals surface area contributed by atoms with E-state index in [9.17, 15) is 9.50 Å². The van der Waals surface area contributed by atoms with Gasteiger partial charge in [-0.3, -0.25) is 0 Å². The summed E-state index contributed by atoms with van der Waals surface area (Å²) < 4.78 is 19.5. The second-order valence-corrected chi connectivity index (χ2v) is 7.16. The molecule has 0 amide bonds. The van der Waals surface area contributed by atoms with Gasteiger partial charge in [-0.1, -0.05) is 37.5 Å². The number of hydrogen-bond donors (Lipinski definition) is 1. The number of nitrogens with zero attached hydrogens (tertiary/aromatic N) is 1. The van der Waals surface area contributed by atoms with Gasteiger partial charge in [-0.05, 0) is 31.7 Å². The van der Waals surface area contributed by atoms with E-state index >= 15 is 0 Å². The Labute approximate surface area is 138 Å². The van der Waals surface area contributed by atoms with E-state index in [0.717, 1.165) is 58.2 Å². The molecule has 1 aromatic carbocycles. The monoisotopic (exact) mass is 321 g/mol. The first-order valence-corrected chi connectivity index (χ1v) is 8.94. The number of ether oxygens (including phenoxy) is 1. The molecular formula is C19H28FNO2. The predicted molar refractivity (Wildman–Crippen MR) is 88.7 cm³/mol. The molecule has 128 valence electrons. The Bertz CT molecular complexity index is 494. The average molecular weight is 321 g/mol. The first-order valence-electron chi connectivity index (χ1n) is 8.94. The highest BCUT2D eigenvalue weighted by molar-refractivity contribution is 5.16. The van der Waals surface area contributed by atoms with Crippen molar-refractivity contribution in [2.24, 2.45) is 0 Å². The lowest BCUT2D eigenvalue weighted by atomic mass is 9.84. The maximum atomic E-state index is 13.6. The molecule has 1 N–H and O–H groups in total. The fourth-order valence-electron chi connectivity index (χ4n) is 3.84. The maximum absolute atomic E-state index is 13.6. The van der Waals surface area contributed by atoms with Crippen LogP contribution in [-0.2, 0) is 11.3 Å². The lowest BCUT2D eigenvalue weighted by molar-refractivity contribution is -0.0511. The molecule has 0 spiro atoms. The van der Waals surface area contributed by atoms with Crippen LogP contribution in [-0.4, -0.2) is 41.3 Å². The van der Waals surface area contributed by atoms with E-state index in [0.29, 0.717) is 12.2 Å². The number of benzene rings is 1. The van der Waals surface area contributed by atoms with Gasteiger partial charge in [0.25, 0.3) is 0 Å². The normalized spacial score (nSPS) is 23.0. The Morgan fingerprint density at radius 1 is 1.13 bits per heavy atom. The summed E-state index contributed by atoms with van der Waals surface area (Å²) in [6.07, 6.45) is 7.57. The molecule has 4 heteroatoms. The smallest absolute Gasteiger partial charge is 0.128 e. The van der Waals surface area contributed by atoms with E-state index < -0.39 is 5.60 Å². The number of hydrogen-bond acceptors (Lipinski definition) is 3. The summed E-state index contributed by atoms with van der Waals surface area (Å²) in [6.45, 7) is 3.07. The third kappa shape index (κ3) is 4.75. The van der Waals surface area contributed by atoms with Crippen molar-refractivity contribution in [1.29, 1.82) is 0 Å². The third-order valence-corrected chi connectivity index (χ3v) is 5.27. The Kier molecular flexibility index (Phi) is 5.67. The molecule has 1 aliphatic carbocycles. The van der Waals surface area contributed by atoms with Crippen LogP contribution in [0.4, 0.5) is 4.39 Å². The minimum Gasteiger partial charge on any atom is -0.389 e. The Hall–Kier alpha value is -0.970. The van der Waals surface area contributed by atoms with Crippen LogP contribution >= 0.6 is 0 Å². The van der Waals surface area contributed by atoms with E-state index in [4.69, 9.17) is 4.74 Å². The van der Waals surface area contributed by atoms with Gasteiger partial charge in [-0.25, -0.2) is 4.39 Å². The molecule has 0 radical (unpaired) electrons. The highest BCUT2D eigenvalue weighted by Gasteiger charge is 2.32. The summed E-state index contributed by atoms with van der Waals surface area (Å²) in [4.78, 5) is 2.37. The van der Waals surface area contributed by atoms with Crippen molar-refractivity contribution in [2.45, 2.75) is 63.3 Å². The van der Waals surface area contributed by atoms with Gasteiger partial charge in [-0.2, -0.15) is 0 Å². The van der Waals surface area contributed by atoms with Crippen LogP contribution in [0.15, 0.2) is 24.3 Å². The van der Waals surface area contributed by atoms with Gasteiger partial charge in [0.15, 0.2) is 0 Å². The Morgan fingerprint density at radius 3 is 2.52 bits per heavy atom. The van der Waals surface area contributed by atoms with E-state index in [2.05, 4.69) is 4.90 Å². The van der Waals surface area contributed by atoms with Gasteiger partial charge in [0, 0.05) is 25.2 Å². The fraction of sp³-hybridized carbons (Fsp3) is 0.684. The quantitative estimate of drug-likeness (QED) is 0.901. The van der Waals surface area contributed by atoms with E-state index in [1.807, 2.05) is 6.07 Å². The summed E-state index contributed by atoms with van der Waals surface area (Å²) in [5, 5.41) is 10.7.